The Balaban J connectivity index is 1.55. The van der Waals surface area contributed by atoms with Crippen LogP contribution in [0.3, 0.4) is 0 Å². The van der Waals surface area contributed by atoms with Crippen LogP contribution >= 0.6 is 11.3 Å². The molecule has 3 N–H and O–H groups in total. The molecule has 0 bridgehead atoms. The highest BCUT2D eigenvalue weighted by molar-refractivity contribution is 7.15. The van der Waals surface area contributed by atoms with E-state index in [9.17, 15) is 9.18 Å². The van der Waals surface area contributed by atoms with Gasteiger partial charge in [0.05, 0.1) is 0 Å². The summed E-state index contributed by atoms with van der Waals surface area (Å²) in [4.78, 5) is 17.5. The van der Waals surface area contributed by atoms with Crippen LogP contribution in [0.1, 0.15) is 37.1 Å². The van der Waals surface area contributed by atoms with Crippen molar-refractivity contribution in [2.24, 2.45) is 5.92 Å². The maximum absolute atomic E-state index is 13.7. The molecule has 1 amide bonds. The first-order valence-electron chi connectivity index (χ1n) is 8.51. The molecule has 1 aromatic carbocycles. The molecule has 5 nitrogen and oxygen atoms in total. The van der Waals surface area contributed by atoms with Gasteiger partial charge in [0.15, 0.2) is 5.13 Å². The van der Waals surface area contributed by atoms with Crippen LogP contribution in [0.4, 0.5) is 9.52 Å². The van der Waals surface area contributed by atoms with Crippen molar-refractivity contribution >= 4 is 22.4 Å². The summed E-state index contributed by atoms with van der Waals surface area (Å²) < 4.78 is 13.7. The smallest absolute Gasteiger partial charge is 0.244 e. The molecule has 2 heterocycles. The fraction of sp³-hybridized carbons (Fsp3) is 0.444. The number of aromatic nitrogens is 1. The zero-order valence-electron chi connectivity index (χ0n) is 14.4. The van der Waals surface area contributed by atoms with Gasteiger partial charge in [0.1, 0.15) is 11.9 Å². The van der Waals surface area contributed by atoms with E-state index in [0.717, 1.165) is 17.7 Å². The maximum Gasteiger partial charge on any atom is 0.244 e. The molecule has 0 spiro atoms. The molecule has 134 valence electrons. The Kier molecular flexibility index (Phi) is 5.78. The number of nitrogens with zero attached hydrogens (tertiary/aromatic N) is 1. The molecule has 2 unspecified atom stereocenters. The lowest BCUT2D eigenvalue weighted by molar-refractivity contribution is -0.117. The van der Waals surface area contributed by atoms with Gasteiger partial charge in [0.2, 0.25) is 5.91 Å². The third kappa shape index (κ3) is 4.84. The number of hydrazine groups is 1. The number of halogens is 1. The first-order valence-corrected chi connectivity index (χ1v) is 9.33. The topological polar surface area (TPSA) is 66.0 Å². The minimum Gasteiger partial charge on any atom is -0.301 e. The van der Waals surface area contributed by atoms with Crippen LogP contribution in [-0.4, -0.2) is 23.0 Å². The Morgan fingerprint density at radius 1 is 1.40 bits per heavy atom. The van der Waals surface area contributed by atoms with Gasteiger partial charge in [0, 0.05) is 23.5 Å². The van der Waals surface area contributed by atoms with Crippen LogP contribution in [0.2, 0.25) is 0 Å². The van der Waals surface area contributed by atoms with Gasteiger partial charge in [-0.1, -0.05) is 32.0 Å². The lowest BCUT2D eigenvalue weighted by atomic mass is 10.00. The van der Waals surface area contributed by atoms with Gasteiger partial charge in [0.25, 0.3) is 0 Å². The van der Waals surface area contributed by atoms with Crippen LogP contribution in [-0.2, 0) is 11.2 Å². The first-order chi connectivity index (χ1) is 12.0. The molecule has 2 atom stereocenters. The number of thiazole rings is 1. The maximum atomic E-state index is 13.7. The Morgan fingerprint density at radius 3 is 2.96 bits per heavy atom. The summed E-state index contributed by atoms with van der Waals surface area (Å²) >= 11 is 1.38. The molecule has 7 heteroatoms. The summed E-state index contributed by atoms with van der Waals surface area (Å²) in [5.74, 6) is 0.269. The van der Waals surface area contributed by atoms with Crippen molar-refractivity contribution in [3.8, 4) is 0 Å². The van der Waals surface area contributed by atoms with Gasteiger partial charge >= 0.3 is 0 Å². The van der Waals surface area contributed by atoms with Gasteiger partial charge in [-0.2, -0.15) is 0 Å². The molecule has 2 aromatic rings. The minimum atomic E-state index is -0.261. The standard InChI is InChI=1S/C18H23FN4OS/c1-11(2)7-13-9-16(23-22-13)17(24)21-18-20-10-14(25-18)8-12-5-3-4-6-15(12)19/h3-6,10-11,13,16,22-23H,7-9H2,1-2H3,(H,20,21,24). The largest absolute Gasteiger partial charge is 0.301 e. The SMILES string of the molecule is CC(C)CC1CC(C(=O)Nc2ncc(Cc3ccccc3F)s2)NN1. The zero-order chi connectivity index (χ0) is 17.8. The molecule has 1 aliphatic rings. The summed E-state index contributed by atoms with van der Waals surface area (Å²) in [6.45, 7) is 4.34. The highest BCUT2D eigenvalue weighted by atomic mass is 32.1. The molecule has 0 saturated carbocycles. The van der Waals surface area contributed by atoms with E-state index in [1.54, 1.807) is 18.3 Å². The molecule has 0 radical (unpaired) electrons. The van der Waals surface area contributed by atoms with Gasteiger partial charge < -0.3 is 5.32 Å². The van der Waals surface area contributed by atoms with Crippen LogP contribution in [0.25, 0.3) is 0 Å². The Morgan fingerprint density at radius 2 is 2.20 bits per heavy atom. The van der Waals surface area contributed by atoms with Crippen molar-refractivity contribution in [2.45, 2.75) is 45.2 Å². The third-order valence-electron chi connectivity index (χ3n) is 4.16. The number of benzene rings is 1. The quantitative estimate of drug-likeness (QED) is 0.739. The normalized spacial score (nSPS) is 20.2. The van der Waals surface area contributed by atoms with E-state index < -0.39 is 0 Å². The van der Waals surface area contributed by atoms with Crippen molar-refractivity contribution in [3.05, 3.63) is 46.7 Å². The van der Waals surface area contributed by atoms with Gasteiger partial charge in [-0.05, 0) is 30.4 Å². The molecule has 1 fully saturated rings. The summed E-state index contributed by atoms with van der Waals surface area (Å²) in [6.07, 6.45) is 3.95. The van der Waals surface area contributed by atoms with E-state index in [2.05, 4.69) is 35.0 Å². The number of carbonyl (C=O) groups is 1. The second kappa shape index (κ2) is 8.03. The average Bonchev–Trinajstić information content (AvgIpc) is 3.19. The number of hydrogen-bond donors (Lipinski definition) is 3. The van der Waals surface area contributed by atoms with E-state index in [-0.39, 0.29) is 17.8 Å². The fourth-order valence-corrected chi connectivity index (χ4v) is 3.83. The van der Waals surface area contributed by atoms with E-state index in [0.29, 0.717) is 29.1 Å². The Labute approximate surface area is 151 Å². The number of hydrogen-bond acceptors (Lipinski definition) is 5. The number of anilines is 1. The second-order valence-corrected chi connectivity index (χ2v) is 7.91. The Hall–Kier alpha value is -1.83. The summed E-state index contributed by atoms with van der Waals surface area (Å²) in [6, 6.07) is 6.74. The van der Waals surface area contributed by atoms with E-state index in [4.69, 9.17) is 0 Å². The van der Waals surface area contributed by atoms with Crippen LogP contribution in [0, 0.1) is 11.7 Å². The fourth-order valence-electron chi connectivity index (χ4n) is 2.99. The third-order valence-corrected chi connectivity index (χ3v) is 5.07. The average molecular weight is 362 g/mol. The highest BCUT2D eigenvalue weighted by Gasteiger charge is 2.29. The van der Waals surface area contributed by atoms with Gasteiger partial charge in [-0.25, -0.2) is 14.8 Å². The van der Waals surface area contributed by atoms with Gasteiger partial charge in [-0.15, -0.1) is 11.3 Å². The summed E-state index contributed by atoms with van der Waals surface area (Å²) in [7, 11) is 0. The first kappa shape index (κ1) is 18.0. The second-order valence-electron chi connectivity index (χ2n) is 6.79. The van der Waals surface area contributed by atoms with Gasteiger partial charge in [-0.3, -0.25) is 10.2 Å². The minimum absolute atomic E-state index is 0.0921. The molecule has 1 aromatic heterocycles. The number of nitrogens with one attached hydrogen (secondary N) is 3. The van der Waals surface area contributed by atoms with Crippen LogP contribution < -0.4 is 16.2 Å². The molecule has 3 rings (SSSR count). The predicted octanol–water partition coefficient (Wildman–Crippen LogP) is 3.09. The highest BCUT2D eigenvalue weighted by Crippen LogP contribution is 2.23. The molecular weight excluding hydrogens is 339 g/mol. The summed E-state index contributed by atoms with van der Waals surface area (Å²) in [5, 5.41) is 3.40. The number of carbonyl (C=O) groups excluding carboxylic acids is 1. The van der Waals surface area contributed by atoms with E-state index in [1.807, 2.05) is 6.07 Å². The zero-order valence-corrected chi connectivity index (χ0v) is 15.2. The van der Waals surface area contributed by atoms with Crippen LogP contribution in [0.5, 0.6) is 0 Å². The van der Waals surface area contributed by atoms with Crippen molar-refractivity contribution in [1.82, 2.24) is 15.8 Å². The molecule has 1 saturated heterocycles. The summed E-state index contributed by atoms with van der Waals surface area (Å²) in [5.41, 5.74) is 6.86. The van der Waals surface area contributed by atoms with Crippen molar-refractivity contribution < 1.29 is 9.18 Å². The monoisotopic (exact) mass is 362 g/mol. The predicted molar refractivity (Wildman–Crippen MR) is 97.9 cm³/mol. The molecule has 0 aliphatic carbocycles. The van der Waals surface area contributed by atoms with Crippen molar-refractivity contribution in [1.29, 1.82) is 0 Å². The number of rotatable bonds is 6. The molecule has 1 aliphatic heterocycles. The molecular formula is C18H23FN4OS. The van der Waals surface area contributed by atoms with E-state index in [1.165, 1.54) is 17.4 Å². The van der Waals surface area contributed by atoms with E-state index >= 15 is 0 Å². The lowest BCUT2D eigenvalue weighted by Gasteiger charge is -2.11. The lowest BCUT2D eigenvalue weighted by Crippen LogP contribution is -2.40. The van der Waals surface area contributed by atoms with Crippen LogP contribution in [0.15, 0.2) is 30.5 Å². The molecule has 25 heavy (non-hydrogen) atoms. The number of amides is 1. The van der Waals surface area contributed by atoms with Crippen molar-refractivity contribution in [3.63, 3.8) is 0 Å². The van der Waals surface area contributed by atoms with Crippen molar-refractivity contribution in [2.75, 3.05) is 5.32 Å². The Bertz CT molecular complexity index is 733.